The molecule has 0 spiro atoms. The number of nitrogens with zero attached hydrogens (tertiary/aromatic N) is 1. The fourth-order valence-electron chi connectivity index (χ4n) is 2.19. The maximum absolute atomic E-state index is 14.0. The molecule has 116 valence electrons. The van der Waals surface area contributed by atoms with Gasteiger partial charge in [-0.2, -0.15) is 0 Å². The molecule has 0 bridgehead atoms. The fourth-order valence-corrected chi connectivity index (χ4v) is 3.20. The quantitative estimate of drug-likeness (QED) is 0.775. The molecule has 0 atom stereocenters. The molecule has 0 N–H and O–H groups in total. The number of carbonyl (C=O) groups excluding carboxylic acids is 1. The summed E-state index contributed by atoms with van der Waals surface area (Å²) in [7, 11) is 2.19. The molecule has 0 unspecified atom stereocenters. The van der Waals surface area contributed by atoms with Crippen LogP contribution in [0.2, 0.25) is 0 Å². The Bertz CT molecular complexity index is 673. The summed E-state index contributed by atoms with van der Waals surface area (Å²) in [5, 5.41) is 0. The predicted octanol–water partition coefficient (Wildman–Crippen LogP) is 2.39. The molecule has 0 heterocycles. The van der Waals surface area contributed by atoms with Crippen molar-refractivity contribution in [1.82, 2.24) is 4.90 Å². The Morgan fingerprint density at radius 1 is 1.48 bits per heavy atom. The van der Waals surface area contributed by atoms with Crippen LogP contribution in [0.3, 0.4) is 0 Å². The number of methoxy groups -OCH3 is 1. The summed E-state index contributed by atoms with van der Waals surface area (Å²) in [6.45, 7) is 2.29. The van der Waals surface area contributed by atoms with Crippen molar-refractivity contribution in [2.24, 2.45) is 0 Å². The van der Waals surface area contributed by atoms with Crippen molar-refractivity contribution in [3.05, 3.63) is 23.5 Å². The van der Waals surface area contributed by atoms with Crippen LogP contribution in [0.1, 0.15) is 30.1 Å². The van der Waals surface area contributed by atoms with Gasteiger partial charge in [0.1, 0.15) is 4.90 Å². The Morgan fingerprint density at radius 3 is 2.52 bits per heavy atom. The van der Waals surface area contributed by atoms with Crippen molar-refractivity contribution in [2.75, 3.05) is 13.7 Å². The van der Waals surface area contributed by atoms with Crippen LogP contribution in [0.5, 0.6) is 5.75 Å². The normalized spacial score (nSPS) is 14.9. The standard InChI is InChI=1S/C13H15ClFNO4S/c1-3-16(9-4-5-9)13(17)8-6-10(15)12(20-2)11(7-8)21(14,18)19/h6-7,9H,3-5H2,1-2H3. The van der Waals surface area contributed by atoms with Gasteiger partial charge in [0, 0.05) is 28.8 Å². The minimum absolute atomic E-state index is 0.0544. The van der Waals surface area contributed by atoms with E-state index in [1.165, 1.54) is 0 Å². The molecule has 0 aliphatic heterocycles. The van der Waals surface area contributed by atoms with Crippen LogP contribution in [-0.4, -0.2) is 38.9 Å². The van der Waals surface area contributed by atoms with E-state index in [0.29, 0.717) is 6.54 Å². The lowest BCUT2D eigenvalue weighted by molar-refractivity contribution is 0.0751. The van der Waals surface area contributed by atoms with Gasteiger partial charge in [-0.25, -0.2) is 12.8 Å². The molecule has 0 radical (unpaired) electrons. The fraction of sp³-hybridized carbons (Fsp3) is 0.462. The van der Waals surface area contributed by atoms with Crippen molar-refractivity contribution < 1.29 is 22.3 Å². The molecule has 21 heavy (non-hydrogen) atoms. The van der Waals surface area contributed by atoms with Crippen molar-refractivity contribution in [2.45, 2.75) is 30.7 Å². The molecule has 1 aliphatic rings. The van der Waals surface area contributed by atoms with Gasteiger partial charge in [0.25, 0.3) is 15.0 Å². The second-order valence-corrected chi connectivity index (χ2v) is 7.28. The van der Waals surface area contributed by atoms with E-state index in [1.54, 1.807) is 4.90 Å². The second kappa shape index (κ2) is 5.81. The highest BCUT2D eigenvalue weighted by molar-refractivity contribution is 8.13. The van der Waals surface area contributed by atoms with Crippen LogP contribution in [-0.2, 0) is 9.05 Å². The maximum atomic E-state index is 14.0. The molecule has 1 aliphatic carbocycles. The zero-order valence-electron chi connectivity index (χ0n) is 11.6. The maximum Gasteiger partial charge on any atom is 0.265 e. The van der Waals surface area contributed by atoms with Crippen LogP contribution in [0.25, 0.3) is 0 Å². The molecule has 5 nitrogen and oxygen atoms in total. The van der Waals surface area contributed by atoms with Crippen molar-refractivity contribution >= 4 is 25.6 Å². The van der Waals surface area contributed by atoms with Crippen molar-refractivity contribution in [3.63, 3.8) is 0 Å². The topological polar surface area (TPSA) is 63.7 Å². The lowest BCUT2D eigenvalue weighted by Gasteiger charge is -2.21. The lowest BCUT2D eigenvalue weighted by atomic mass is 10.1. The zero-order valence-corrected chi connectivity index (χ0v) is 13.2. The van der Waals surface area contributed by atoms with E-state index in [-0.39, 0.29) is 11.6 Å². The van der Waals surface area contributed by atoms with E-state index in [9.17, 15) is 17.6 Å². The van der Waals surface area contributed by atoms with E-state index in [0.717, 1.165) is 32.1 Å². The Morgan fingerprint density at radius 2 is 2.10 bits per heavy atom. The molecule has 1 aromatic carbocycles. The van der Waals surface area contributed by atoms with Crippen LogP contribution in [0, 0.1) is 5.82 Å². The zero-order chi connectivity index (χ0) is 15.8. The van der Waals surface area contributed by atoms with Gasteiger partial charge in [0.2, 0.25) is 0 Å². The molecular formula is C13H15ClFNO4S. The average molecular weight is 336 g/mol. The van der Waals surface area contributed by atoms with Gasteiger partial charge in [-0.05, 0) is 31.9 Å². The highest BCUT2D eigenvalue weighted by atomic mass is 35.7. The molecule has 8 heteroatoms. The molecule has 1 fully saturated rings. The summed E-state index contributed by atoms with van der Waals surface area (Å²) >= 11 is 0. The smallest absolute Gasteiger partial charge is 0.265 e. The van der Waals surface area contributed by atoms with E-state index < -0.39 is 31.4 Å². The molecule has 2 rings (SSSR count). The largest absolute Gasteiger partial charge is 0.492 e. The minimum Gasteiger partial charge on any atom is -0.492 e. The van der Waals surface area contributed by atoms with Gasteiger partial charge in [0.05, 0.1) is 7.11 Å². The highest BCUT2D eigenvalue weighted by Gasteiger charge is 2.33. The van der Waals surface area contributed by atoms with Crippen molar-refractivity contribution in [1.29, 1.82) is 0 Å². The summed E-state index contributed by atoms with van der Waals surface area (Å²) in [6, 6.07) is 2.17. The first-order valence-electron chi connectivity index (χ1n) is 6.42. The van der Waals surface area contributed by atoms with Gasteiger partial charge in [0.15, 0.2) is 11.6 Å². The SMILES string of the molecule is CCN(C(=O)c1cc(F)c(OC)c(S(=O)(=O)Cl)c1)C1CC1. The first kappa shape index (κ1) is 16.0. The lowest BCUT2D eigenvalue weighted by Crippen LogP contribution is -2.33. The number of rotatable bonds is 5. The van der Waals surface area contributed by atoms with E-state index >= 15 is 0 Å². The first-order valence-corrected chi connectivity index (χ1v) is 8.73. The number of benzene rings is 1. The summed E-state index contributed by atoms with van der Waals surface area (Å²) in [5.41, 5.74) is -0.0544. The number of hydrogen-bond acceptors (Lipinski definition) is 4. The minimum atomic E-state index is -4.22. The van der Waals surface area contributed by atoms with E-state index in [4.69, 9.17) is 15.4 Å². The van der Waals surface area contributed by atoms with Crippen LogP contribution < -0.4 is 4.74 Å². The number of amides is 1. The summed E-state index contributed by atoms with van der Waals surface area (Å²) in [5.74, 6) is -1.84. The summed E-state index contributed by atoms with van der Waals surface area (Å²) in [6.07, 6.45) is 1.80. The number of ether oxygens (including phenoxy) is 1. The van der Waals surface area contributed by atoms with Gasteiger partial charge in [-0.1, -0.05) is 0 Å². The third-order valence-corrected chi connectivity index (χ3v) is 4.64. The Balaban J connectivity index is 2.50. The summed E-state index contributed by atoms with van der Waals surface area (Å²) < 4.78 is 41.7. The van der Waals surface area contributed by atoms with Gasteiger partial charge in [-0.15, -0.1) is 0 Å². The Hall–Kier alpha value is -1.34. The summed E-state index contributed by atoms with van der Waals surface area (Å²) in [4.78, 5) is 13.4. The molecule has 1 saturated carbocycles. The average Bonchev–Trinajstić information content (AvgIpc) is 3.22. The molecule has 1 aromatic rings. The van der Waals surface area contributed by atoms with Crippen LogP contribution >= 0.6 is 10.7 Å². The van der Waals surface area contributed by atoms with Crippen LogP contribution in [0.15, 0.2) is 17.0 Å². The number of hydrogen-bond donors (Lipinski definition) is 0. The van der Waals surface area contributed by atoms with Gasteiger partial charge >= 0.3 is 0 Å². The van der Waals surface area contributed by atoms with Crippen molar-refractivity contribution in [3.8, 4) is 5.75 Å². The number of carbonyl (C=O) groups is 1. The third-order valence-electron chi connectivity index (χ3n) is 3.31. The number of halogens is 2. The molecule has 0 aromatic heterocycles. The van der Waals surface area contributed by atoms with E-state index in [1.807, 2.05) is 6.92 Å². The van der Waals surface area contributed by atoms with E-state index in [2.05, 4.69) is 0 Å². The highest BCUT2D eigenvalue weighted by Crippen LogP contribution is 2.33. The molecular weight excluding hydrogens is 321 g/mol. The molecule has 0 saturated heterocycles. The van der Waals surface area contributed by atoms with Gasteiger partial charge in [-0.3, -0.25) is 4.79 Å². The second-order valence-electron chi connectivity index (χ2n) is 4.75. The third kappa shape index (κ3) is 3.29. The first-order chi connectivity index (χ1) is 9.79. The monoisotopic (exact) mass is 335 g/mol. The van der Waals surface area contributed by atoms with Gasteiger partial charge < -0.3 is 9.64 Å². The Kier molecular flexibility index (Phi) is 4.43. The predicted molar refractivity (Wildman–Crippen MR) is 75.7 cm³/mol. The Labute approximate surface area is 127 Å². The molecule has 1 amide bonds. The van der Waals surface area contributed by atoms with Crippen LogP contribution in [0.4, 0.5) is 4.39 Å².